The second-order valence-electron chi connectivity index (χ2n) is 2.68. The van der Waals surface area contributed by atoms with E-state index in [1.54, 1.807) is 0 Å². The van der Waals surface area contributed by atoms with Crippen molar-refractivity contribution in [1.82, 2.24) is 9.78 Å². The fraction of sp³-hybridized carbons (Fsp3) is 0.333. The van der Waals surface area contributed by atoms with Crippen LogP contribution in [0.2, 0.25) is 0 Å². The summed E-state index contributed by atoms with van der Waals surface area (Å²) < 4.78 is 1.49. The smallest absolute Gasteiger partial charge is 0.354 e. The lowest BCUT2D eigenvalue weighted by atomic mass is 10.3. The molecule has 0 aromatic carbocycles. The van der Waals surface area contributed by atoms with E-state index >= 15 is 0 Å². The van der Waals surface area contributed by atoms with Crippen LogP contribution in [0.1, 0.15) is 23.3 Å². The summed E-state index contributed by atoms with van der Waals surface area (Å²) in [6, 6.07) is 1.50. The molecule has 0 unspecified atom stereocenters. The van der Waals surface area contributed by atoms with E-state index in [1.165, 1.54) is 16.9 Å². The zero-order valence-electron chi connectivity index (χ0n) is 7.31. The van der Waals surface area contributed by atoms with Gasteiger partial charge in [-0.1, -0.05) is 6.08 Å². The number of allylic oxidation sites excluding steroid dienone is 1. The number of aryl methyl sites for hydroxylation is 1. The average Bonchev–Trinajstić information content (AvgIpc) is 2.53. The second-order valence-corrected chi connectivity index (χ2v) is 2.68. The first kappa shape index (κ1) is 9.51. The second kappa shape index (κ2) is 4.45. The minimum Gasteiger partial charge on any atom is -0.477 e. The van der Waals surface area contributed by atoms with Crippen molar-refractivity contribution >= 4 is 5.97 Å². The van der Waals surface area contributed by atoms with Gasteiger partial charge in [-0.05, 0) is 18.9 Å². The maximum atomic E-state index is 10.6. The SMILES string of the molecule is C=CCCCn1nccc1C(=O)O. The molecule has 0 aliphatic rings. The Balaban J connectivity index is 2.60. The van der Waals surface area contributed by atoms with Gasteiger partial charge in [-0.3, -0.25) is 4.68 Å². The fourth-order valence-electron chi connectivity index (χ4n) is 1.08. The highest BCUT2D eigenvalue weighted by molar-refractivity contribution is 5.85. The number of aromatic nitrogens is 2. The first-order valence-corrected chi connectivity index (χ1v) is 4.11. The molecule has 4 heteroatoms. The molecule has 0 spiro atoms. The van der Waals surface area contributed by atoms with Crippen LogP contribution in [-0.4, -0.2) is 20.9 Å². The Hall–Kier alpha value is -1.58. The first-order valence-electron chi connectivity index (χ1n) is 4.11. The van der Waals surface area contributed by atoms with Crippen molar-refractivity contribution in [1.29, 1.82) is 0 Å². The Kier molecular flexibility index (Phi) is 3.25. The normalized spacial score (nSPS) is 9.85. The van der Waals surface area contributed by atoms with Crippen molar-refractivity contribution in [3.05, 3.63) is 30.6 Å². The molecule has 0 saturated carbocycles. The van der Waals surface area contributed by atoms with Crippen LogP contribution >= 0.6 is 0 Å². The maximum absolute atomic E-state index is 10.6. The molecule has 4 nitrogen and oxygen atoms in total. The monoisotopic (exact) mass is 180 g/mol. The van der Waals surface area contributed by atoms with Crippen molar-refractivity contribution in [3.63, 3.8) is 0 Å². The molecule has 1 aromatic heterocycles. The largest absolute Gasteiger partial charge is 0.477 e. The number of unbranched alkanes of at least 4 members (excludes halogenated alkanes) is 1. The highest BCUT2D eigenvalue weighted by Crippen LogP contribution is 2.01. The Morgan fingerprint density at radius 3 is 3.15 bits per heavy atom. The predicted molar refractivity (Wildman–Crippen MR) is 48.6 cm³/mol. The van der Waals surface area contributed by atoms with Gasteiger partial charge in [0.25, 0.3) is 0 Å². The summed E-state index contributed by atoms with van der Waals surface area (Å²) in [5, 5.41) is 12.6. The van der Waals surface area contributed by atoms with Crippen molar-refractivity contribution in [2.45, 2.75) is 19.4 Å². The molecule has 70 valence electrons. The standard InChI is InChI=1S/C9H12N2O2/c1-2-3-4-7-11-8(9(12)13)5-6-10-11/h2,5-6H,1,3-4,7H2,(H,12,13). The molecule has 0 aliphatic heterocycles. The summed E-state index contributed by atoms with van der Waals surface area (Å²) in [5.41, 5.74) is 0.240. The van der Waals surface area contributed by atoms with Gasteiger partial charge < -0.3 is 5.11 Å². The molecule has 13 heavy (non-hydrogen) atoms. The van der Waals surface area contributed by atoms with Gasteiger partial charge in [0.15, 0.2) is 0 Å². The van der Waals surface area contributed by atoms with Crippen LogP contribution in [0.3, 0.4) is 0 Å². The molecule has 0 radical (unpaired) electrons. The molecule has 0 atom stereocenters. The Morgan fingerprint density at radius 1 is 1.77 bits per heavy atom. The fourth-order valence-corrected chi connectivity index (χ4v) is 1.08. The van der Waals surface area contributed by atoms with Gasteiger partial charge in [0, 0.05) is 12.7 Å². The van der Waals surface area contributed by atoms with E-state index in [4.69, 9.17) is 5.11 Å². The topological polar surface area (TPSA) is 55.1 Å². The van der Waals surface area contributed by atoms with Crippen LogP contribution in [0.4, 0.5) is 0 Å². The van der Waals surface area contributed by atoms with Gasteiger partial charge in [-0.2, -0.15) is 5.10 Å². The van der Waals surface area contributed by atoms with Crippen molar-refractivity contribution in [2.75, 3.05) is 0 Å². The Labute approximate surface area is 76.5 Å². The molecule has 0 bridgehead atoms. The van der Waals surface area contributed by atoms with Crippen molar-refractivity contribution in [2.24, 2.45) is 0 Å². The molecule has 1 rings (SSSR count). The summed E-state index contributed by atoms with van der Waals surface area (Å²) in [6.07, 6.45) is 5.05. The van der Waals surface area contributed by atoms with Gasteiger partial charge >= 0.3 is 5.97 Å². The number of carboxylic acids is 1. The minimum absolute atomic E-state index is 0.240. The highest BCUT2D eigenvalue weighted by atomic mass is 16.4. The average molecular weight is 180 g/mol. The molecule has 0 amide bonds. The quantitative estimate of drug-likeness (QED) is 0.552. The van der Waals surface area contributed by atoms with Crippen LogP contribution in [0.15, 0.2) is 24.9 Å². The number of hydrogen-bond acceptors (Lipinski definition) is 2. The third-order valence-electron chi connectivity index (χ3n) is 1.71. The van der Waals surface area contributed by atoms with E-state index in [9.17, 15) is 4.79 Å². The van der Waals surface area contributed by atoms with E-state index in [-0.39, 0.29) is 5.69 Å². The van der Waals surface area contributed by atoms with Crippen LogP contribution < -0.4 is 0 Å². The van der Waals surface area contributed by atoms with Crippen LogP contribution in [0.25, 0.3) is 0 Å². The number of rotatable bonds is 5. The van der Waals surface area contributed by atoms with Crippen molar-refractivity contribution in [3.8, 4) is 0 Å². The molecule has 0 aliphatic carbocycles. The minimum atomic E-state index is -0.934. The van der Waals surface area contributed by atoms with Crippen molar-refractivity contribution < 1.29 is 9.90 Å². The third kappa shape index (κ3) is 2.43. The molecule has 0 fully saturated rings. The Morgan fingerprint density at radius 2 is 2.54 bits per heavy atom. The molecule has 1 N–H and O–H groups in total. The summed E-state index contributed by atoms with van der Waals surface area (Å²) in [4.78, 5) is 10.6. The molecule has 1 aromatic rings. The van der Waals surface area contributed by atoms with Gasteiger partial charge in [-0.15, -0.1) is 6.58 Å². The molecule has 0 saturated heterocycles. The van der Waals surface area contributed by atoms with Crippen LogP contribution in [-0.2, 0) is 6.54 Å². The summed E-state index contributed by atoms with van der Waals surface area (Å²) in [5.74, 6) is -0.934. The van der Waals surface area contributed by atoms with Gasteiger partial charge in [0.05, 0.1) is 0 Å². The Bertz CT molecular complexity index is 304. The lowest BCUT2D eigenvalue weighted by Crippen LogP contribution is -2.09. The zero-order chi connectivity index (χ0) is 9.68. The number of carbonyl (C=O) groups is 1. The summed E-state index contributed by atoms with van der Waals surface area (Å²) >= 11 is 0. The van der Waals surface area contributed by atoms with Gasteiger partial charge in [0.1, 0.15) is 5.69 Å². The third-order valence-corrected chi connectivity index (χ3v) is 1.71. The maximum Gasteiger partial charge on any atom is 0.354 e. The number of nitrogens with zero attached hydrogens (tertiary/aromatic N) is 2. The van der Waals surface area contributed by atoms with E-state index in [0.29, 0.717) is 6.54 Å². The highest BCUT2D eigenvalue weighted by Gasteiger charge is 2.08. The van der Waals surface area contributed by atoms with E-state index < -0.39 is 5.97 Å². The lowest BCUT2D eigenvalue weighted by molar-refractivity contribution is 0.0683. The zero-order valence-corrected chi connectivity index (χ0v) is 7.31. The van der Waals surface area contributed by atoms with E-state index in [2.05, 4.69) is 11.7 Å². The van der Waals surface area contributed by atoms with Crippen LogP contribution in [0, 0.1) is 0 Å². The molecular formula is C9H12N2O2. The van der Waals surface area contributed by atoms with Gasteiger partial charge in [0.2, 0.25) is 0 Å². The van der Waals surface area contributed by atoms with E-state index in [0.717, 1.165) is 12.8 Å². The predicted octanol–water partition coefficient (Wildman–Crippen LogP) is 1.55. The number of hydrogen-bond donors (Lipinski definition) is 1. The first-order chi connectivity index (χ1) is 6.25. The lowest BCUT2D eigenvalue weighted by Gasteiger charge is -2.01. The number of aromatic carboxylic acids is 1. The van der Waals surface area contributed by atoms with Gasteiger partial charge in [-0.25, -0.2) is 4.79 Å². The van der Waals surface area contributed by atoms with Crippen LogP contribution in [0.5, 0.6) is 0 Å². The molecule has 1 heterocycles. The summed E-state index contributed by atoms with van der Waals surface area (Å²) in [6.45, 7) is 4.22. The van der Waals surface area contributed by atoms with E-state index in [1.807, 2.05) is 6.08 Å². The molecular weight excluding hydrogens is 168 g/mol. The number of carboxylic acid groups (broad SMARTS) is 1. The summed E-state index contributed by atoms with van der Waals surface area (Å²) in [7, 11) is 0.